The Hall–Kier alpha value is -6.84. The summed E-state index contributed by atoms with van der Waals surface area (Å²) in [6.07, 6.45) is 0. The highest BCUT2D eigenvalue weighted by Gasteiger charge is 2.24. The smallest absolute Gasteiger partial charge is 0.0549 e. The number of fused-ring (bicyclic) bond motifs is 10. The van der Waals surface area contributed by atoms with Crippen molar-refractivity contribution in [2.24, 2.45) is 0 Å². The first-order valence-electron chi connectivity index (χ1n) is 19.2. The summed E-state index contributed by atoms with van der Waals surface area (Å²) in [5.41, 5.74) is 14.5. The second-order valence-corrected chi connectivity index (χ2v) is 15.8. The van der Waals surface area contributed by atoms with Gasteiger partial charge in [-0.15, -0.1) is 0 Å². The molecule has 0 bridgehead atoms. The lowest BCUT2D eigenvalue weighted by molar-refractivity contribution is 0.590. The zero-order chi connectivity index (χ0) is 36.8. The quantitative estimate of drug-likeness (QED) is 0.173. The molecule has 0 unspecified atom stereocenters. The Bertz CT molecular complexity index is 3280. The summed E-state index contributed by atoms with van der Waals surface area (Å²) in [4.78, 5) is 0. The molecule has 3 heteroatoms. The Balaban J connectivity index is 1.23. The van der Waals surface area contributed by atoms with E-state index in [4.69, 9.17) is 0 Å². The van der Waals surface area contributed by atoms with Gasteiger partial charge in [0.1, 0.15) is 0 Å². The molecule has 3 heterocycles. The fourth-order valence-corrected chi connectivity index (χ4v) is 9.06. The van der Waals surface area contributed by atoms with Crippen LogP contribution in [-0.2, 0) is 5.41 Å². The van der Waals surface area contributed by atoms with Crippen LogP contribution < -0.4 is 0 Å². The molecule has 262 valence electrons. The fourth-order valence-electron chi connectivity index (χ4n) is 9.06. The second kappa shape index (κ2) is 11.8. The second-order valence-electron chi connectivity index (χ2n) is 15.8. The van der Waals surface area contributed by atoms with Crippen molar-refractivity contribution in [3.63, 3.8) is 0 Å². The standard InChI is InChI=1S/C52H39N3/c1-52(2,3)35-27-28-38(34-26-29-46-42(32-34)39-20-10-13-23-43(39)53(46)36-16-6-4-7-17-36)49(33-35)55-45-25-15-12-22-41(45)51-48(55)31-30-47-50(51)40-21-11-14-24-44(40)54(47)37-18-8-5-9-19-37/h4-33H,1-3H3. The number of aromatic nitrogens is 3. The molecule has 3 nitrogen and oxygen atoms in total. The van der Waals surface area contributed by atoms with Crippen LogP contribution >= 0.6 is 0 Å². The average molecular weight is 706 g/mol. The summed E-state index contributed by atoms with van der Waals surface area (Å²) in [6.45, 7) is 6.93. The predicted octanol–water partition coefficient (Wildman–Crippen LogP) is 13.9. The molecule has 11 rings (SSSR count). The topological polar surface area (TPSA) is 14.8 Å². The molecule has 0 saturated heterocycles. The van der Waals surface area contributed by atoms with Crippen LogP contribution in [0.15, 0.2) is 182 Å². The van der Waals surface area contributed by atoms with E-state index in [0.29, 0.717) is 0 Å². The van der Waals surface area contributed by atoms with Crippen molar-refractivity contribution in [1.29, 1.82) is 0 Å². The summed E-state index contributed by atoms with van der Waals surface area (Å²) < 4.78 is 7.34. The molecule has 0 spiro atoms. The minimum Gasteiger partial charge on any atom is -0.309 e. The van der Waals surface area contributed by atoms with Crippen molar-refractivity contribution in [3.05, 3.63) is 188 Å². The van der Waals surface area contributed by atoms with Gasteiger partial charge < -0.3 is 13.7 Å². The van der Waals surface area contributed by atoms with Gasteiger partial charge in [0.05, 0.1) is 38.8 Å². The first kappa shape index (κ1) is 31.7. The Labute approximate surface area is 319 Å². The third-order valence-corrected chi connectivity index (χ3v) is 11.6. The van der Waals surface area contributed by atoms with Crippen molar-refractivity contribution in [2.75, 3.05) is 0 Å². The third-order valence-electron chi connectivity index (χ3n) is 11.6. The van der Waals surface area contributed by atoms with E-state index in [1.165, 1.54) is 99.2 Å². The van der Waals surface area contributed by atoms with Crippen LogP contribution in [0.25, 0.3) is 93.6 Å². The molecule has 0 atom stereocenters. The van der Waals surface area contributed by atoms with Crippen molar-refractivity contribution in [3.8, 4) is 28.2 Å². The van der Waals surface area contributed by atoms with Gasteiger partial charge >= 0.3 is 0 Å². The molecule has 0 amide bonds. The van der Waals surface area contributed by atoms with Gasteiger partial charge in [-0.1, -0.05) is 130 Å². The minimum atomic E-state index is -0.0323. The lowest BCUT2D eigenvalue weighted by Gasteiger charge is -2.23. The molecule has 0 aliphatic carbocycles. The van der Waals surface area contributed by atoms with Crippen molar-refractivity contribution < 1.29 is 0 Å². The van der Waals surface area contributed by atoms with E-state index in [0.717, 1.165) is 0 Å². The Morgan fingerprint density at radius 3 is 1.40 bits per heavy atom. The largest absolute Gasteiger partial charge is 0.309 e. The minimum absolute atomic E-state index is 0.0323. The highest BCUT2D eigenvalue weighted by atomic mass is 15.0. The molecule has 0 aliphatic rings. The lowest BCUT2D eigenvalue weighted by atomic mass is 9.85. The predicted molar refractivity (Wildman–Crippen MR) is 234 cm³/mol. The van der Waals surface area contributed by atoms with Crippen molar-refractivity contribution in [2.45, 2.75) is 26.2 Å². The summed E-state index contributed by atoms with van der Waals surface area (Å²) >= 11 is 0. The van der Waals surface area contributed by atoms with E-state index < -0.39 is 0 Å². The maximum Gasteiger partial charge on any atom is 0.0549 e. The molecule has 3 aromatic heterocycles. The van der Waals surface area contributed by atoms with Gasteiger partial charge in [0.25, 0.3) is 0 Å². The molecular weight excluding hydrogens is 667 g/mol. The van der Waals surface area contributed by atoms with E-state index in [2.05, 4.69) is 216 Å². The van der Waals surface area contributed by atoms with Crippen LogP contribution in [0, 0.1) is 0 Å². The zero-order valence-electron chi connectivity index (χ0n) is 31.2. The third kappa shape index (κ3) is 4.69. The number of benzene rings is 8. The molecule has 0 radical (unpaired) electrons. The number of hydrogen-bond acceptors (Lipinski definition) is 0. The molecule has 0 fully saturated rings. The lowest BCUT2D eigenvalue weighted by Crippen LogP contribution is -2.12. The van der Waals surface area contributed by atoms with Crippen LogP contribution in [0.2, 0.25) is 0 Å². The van der Waals surface area contributed by atoms with E-state index in [9.17, 15) is 0 Å². The monoisotopic (exact) mass is 705 g/mol. The number of rotatable bonds is 4. The van der Waals surface area contributed by atoms with Crippen LogP contribution in [0.3, 0.4) is 0 Å². The Morgan fingerprint density at radius 2 is 0.800 bits per heavy atom. The summed E-state index contributed by atoms with van der Waals surface area (Å²) in [6, 6.07) is 66.9. The molecule has 0 aliphatic heterocycles. The van der Waals surface area contributed by atoms with Gasteiger partial charge in [0.2, 0.25) is 0 Å². The first-order chi connectivity index (χ1) is 27.0. The average Bonchev–Trinajstić information content (AvgIpc) is 3.86. The maximum absolute atomic E-state index is 2.53. The number of nitrogens with zero attached hydrogens (tertiary/aromatic N) is 3. The molecule has 55 heavy (non-hydrogen) atoms. The summed E-state index contributed by atoms with van der Waals surface area (Å²) in [7, 11) is 0. The van der Waals surface area contributed by atoms with Crippen LogP contribution in [0.5, 0.6) is 0 Å². The van der Waals surface area contributed by atoms with Gasteiger partial charge in [-0.3, -0.25) is 0 Å². The zero-order valence-corrected chi connectivity index (χ0v) is 31.2. The fraction of sp³-hybridized carbons (Fsp3) is 0.0769. The number of para-hydroxylation sites is 5. The first-order valence-corrected chi connectivity index (χ1v) is 19.2. The summed E-state index contributed by atoms with van der Waals surface area (Å²) in [5.74, 6) is 0. The summed E-state index contributed by atoms with van der Waals surface area (Å²) in [5, 5.41) is 7.60. The maximum atomic E-state index is 2.53. The van der Waals surface area contributed by atoms with E-state index in [1.54, 1.807) is 0 Å². The Kier molecular flexibility index (Phi) is 6.81. The van der Waals surface area contributed by atoms with Gasteiger partial charge in [-0.25, -0.2) is 0 Å². The van der Waals surface area contributed by atoms with Gasteiger partial charge in [-0.2, -0.15) is 0 Å². The molecule has 0 N–H and O–H groups in total. The van der Waals surface area contributed by atoms with Crippen LogP contribution in [0.4, 0.5) is 0 Å². The molecule has 8 aromatic carbocycles. The highest BCUT2D eigenvalue weighted by Crippen LogP contribution is 2.45. The Morgan fingerprint density at radius 1 is 0.345 bits per heavy atom. The van der Waals surface area contributed by atoms with Crippen molar-refractivity contribution >= 4 is 65.4 Å². The van der Waals surface area contributed by atoms with Gasteiger partial charge in [0, 0.05) is 49.3 Å². The van der Waals surface area contributed by atoms with Crippen LogP contribution in [-0.4, -0.2) is 13.7 Å². The molecule has 11 aromatic rings. The van der Waals surface area contributed by atoms with Crippen molar-refractivity contribution in [1.82, 2.24) is 13.7 Å². The normalized spacial score (nSPS) is 12.3. The molecule has 0 saturated carbocycles. The van der Waals surface area contributed by atoms with E-state index >= 15 is 0 Å². The van der Waals surface area contributed by atoms with E-state index in [-0.39, 0.29) is 5.41 Å². The van der Waals surface area contributed by atoms with Gasteiger partial charge in [-0.05, 0) is 89.3 Å². The highest BCUT2D eigenvalue weighted by molar-refractivity contribution is 6.29. The SMILES string of the molecule is CC(C)(C)c1ccc(-c2ccc3c(c2)c2ccccc2n3-c2ccccc2)c(-n2c3ccccc3c3c4c5ccccc5n(-c5ccccc5)c4ccc32)c1. The van der Waals surface area contributed by atoms with Gasteiger partial charge in [0.15, 0.2) is 0 Å². The van der Waals surface area contributed by atoms with E-state index in [1.807, 2.05) is 0 Å². The number of hydrogen-bond donors (Lipinski definition) is 0. The van der Waals surface area contributed by atoms with Crippen LogP contribution in [0.1, 0.15) is 26.3 Å². The molecular formula is C52H39N3.